The molecule has 6 rings (SSSR count). The summed E-state index contributed by atoms with van der Waals surface area (Å²) in [5.41, 5.74) is 3.44. The van der Waals surface area contributed by atoms with Crippen LogP contribution in [-0.4, -0.2) is 22.8 Å². The summed E-state index contributed by atoms with van der Waals surface area (Å²) < 4.78 is 7.49. The molecule has 2 aromatic heterocycles. The minimum Gasteiger partial charge on any atom is -0.381 e. The molecule has 2 fully saturated rings. The molecule has 0 radical (unpaired) electrons. The van der Waals surface area contributed by atoms with Gasteiger partial charge in [0.25, 0.3) is 5.56 Å². The van der Waals surface area contributed by atoms with Crippen LogP contribution < -0.4 is 5.56 Å². The van der Waals surface area contributed by atoms with Crippen LogP contribution in [0.15, 0.2) is 71.7 Å². The highest BCUT2D eigenvalue weighted by Crippen LogP contribution is 2.50. The van der Waals surface area contributed by atoms with Gasteiger partial charge in [0.15, 0.2) is 0 Å². The minimum atomic E-state index is 0.142. The molecule has 4 aromatic rings. The number of pyridine rings is 2. The lowest BCUT2D eigenvalue weighted by atomic mass is 9.88. The fourth-order valence-corrected chi connectivity index (χ4v) is 5.04. The van der Waals surface area contributed by atoms with E-state index in [4.69, 9.17) is 9.72 Å². The fraction of sp³-hybridized carbons (Fsp3) is 0.308. The van der Waals surface area contributed by atoms with Gasteiger partial charge in [-0.05, 0) is 54.3 Å². The highest BCUT2D eigenvalue weighted by Gasteiger charge is 2.41. The molecule has 0 amide bonds. The molecule has 4 heteroatoms. The average molecular weight is 396 g/mol. The van der Waals surface area contributed by atoms with E-state index in [2.05, 4.69) is 48.5 Å². The first-order valence-corrected chi connectivity index (χ1v) is 10.9. The second kappa shape index (κ2) is 7.06. The molecule has 3 heterocycles. The van der Waals surface area contributed by atoms with Crippen LogP contribution in [0.1, 0.15) is 48.4 Å². The first-order chi connectivity index (χ1) is 14.8. The number of ether oxygens (including phenoxy) is 1. The molecule has 2 aliphatic rings. The van der Waals surface area contributed by atoms with E-state index in [0.29, 0.717) is 11.8 Å². The molecule has 1 aliphatic heterocycles. The Morgan fingerprint density at radius 2 is 1.73 bits per heavy atom. The van der Waals surface area contributed by atoms with Gasteiger partial charge in [0.2, 0.25) is 0 Å². The average Bonchev–Trinajstić information content (AvgIpc) is 3.60. The van der Waals surface area contributed by atoms with Crippen LogP contribution in [0.3, 0.4) is 0 Å². The maximum atomic E-state index is 13.6. The topological polar surface area (TPSA) is 44.1 Å². The van der Waals surface area contributed by atoms with Gasteiger partial charge in [0, 0.05) is 42.5 Å². The number of rotatable bonds is 3. The predicted molar refractivity (Wildman–Crippen MR) is 119 cm³/mol. The van der Waals surface area contributed by atoms with Gasteiger partial charge in [-0.15, -0.1) is 0 Å². The molecule has 30 heavy (non-hydrogen) atoms. The summed E-state index contributed by atoms with van der Waals surface area (Å²) in [4.78, 5) is 18.4. The fourth-order valence-electron chi connectivity index (χ4n) is 5.04. The molecular formula is C26H24N2O2. The lowest BCUT2D eigenvalue weighted by Crippen LogP contribution is -2.22. The molecule has 0 unspecified atom stereocenters. The summed E-state index contributed by atoms with van der Waals surface area (Å²) in [6.45, 7) is 1.56. The van der Waals surface area contributed by atoms with E-state index < -0.39 is 0 Å². The van der Waals surface area contributed by atoms with Gasteiger partial charge < -0.3 is 9.30 Å². The number of nitrogens with zero attached hydrogens (tertiary/aromatic N) is 2. The van der Waals surface area contributed by atoms with Crippen molar-refractivity contribution in [3.8, 4) is 0 Å². The van der Waals surface area contributed by atoms with Gasteiger partial charge in [-0.2, -0.15) is 0 Å². The Kier molecular flexibility index (Phi) is 4.20. The second-order valence-corrected chi connectivity index (χ2v) is 8.56. The van der Waals surface area contributed by atoms with Crippen molar-refractivity contribution in [1.82, 2.24) is 9.55 Å². The maximum absolute atomic E-state index is 13.6. The summed E-state index contributed by atoms with van der Waals surface area (Å²) >= 11 is 0. The van der Waals surface area contributed by atoms with E-state index in [1.807, 2.05) is 22.9 Å². The molecule has 4 nitrogen and oxygen atoms in total. The molecule has 1 aliphatic carbocycles. The Labute approximate surface area is 175 Å². The van der Waals surface area contributed by atoms with Crippen molar-refractivity contribution in [2.24, 2.45) is 0 Å². The van der Waals surface area contributed by atoms with Gasteiger partial charge in [0.05, 0.1) is 10.9 Å². The molecule has 0 N–H and O–H groups in total. The van der Waals surface area contributed by atoms with Crippen LogP contribution >= 0.6 is 0 Å². The van der Waals surface area contributed by atoms with Crippen molar-refractivity contribution in [2.45, 2.75) is 37.1 Å². The molecule has 0 bridgehead atoms. The summed E-state index contributed by atoms with van der Waals surface area (Å²) in [5.74, 6) is 0.711. The first kappa shape index (κ1) is 17.8. The van der Waals surface area contributed by atoms with Crippen molar-refractivity contribution in [2.75, 3.05) is 13.2 Å². The van der Waals surface area contributed by atoms with Crippen LogP contribution in [0.2, 0.25) is 0 Å². The van der Waals surface area contributed by atoms with Crippen LogP contribution in [0.25, 0.3) is 21.7 Å². The number of hydrogen-bond donors (Lipinski definition) is 0. The van der Waals surface area contributed by atoms with E-state index in [-0.39, 0.29) is 11.6 Å². The lowest BCUT2D eigenvalue weighted by Gasteiger charge is -2.23. The van der Waals surface area contributed by atoms with Gasteiger partial charge in [-0.25, -0.2) is 0 Å². The van der Waals surface area contributed by atoms with Crippen molar-refractivity contribution in [1.29, 1.82) is 0 Å². The van der Waals surface area contributed by atoms with Crippen LogP contribution in [0.5, 0.6) is 0 Å². The van der Waals surface area contributed by atoms with Crippen molar-refractivity contribution in [3.63, 3.8) is 0 Å². The van der Waals surface area contributed by atoms with Crippen molar-refractivity contribution >= 4 is 21.7 Å². The SMILES string of the molecule is O=c1c2c(C3CCOCC3)cccc2ccn1[C@@H]1C[C@H]1c1ccc2ccccc2n1. The number of fused-ring (bicyclic) bond motifs is 2. The number of hydrogen-bond acceptors (Lipinski definition) is 3. The summed E-state index contributed by atoms with van der Waals surface area (Å²) in [5, 5.41) is 3.09. The van der Waals surface area contributed by atoms with Gasteiger partial charge in [-0.3, -0.25) is 9.78 Å². The van der Waals surface area contributed by atoms with Gasteiger partial charge >= 0.3 is 0 Å². The third kappa shape index (κ3) is 2.94. The van der Waals surface area contributed by atoms with E-state index in [1.54, 1.807) is 0 Å². The predicted octanol–water partition coefficient (Wildman–Crippen LogP) is 5.17. The largest absolute Gasteiger partial charge is 0.381 e. The van der Waals surface area contributed by atoms with Gasteiger partial charge in [-0.1, -0.05) is 42.5 Å². The van der Waals surface area contributed by atoms with Crippen LogP contribution in [0, 0.1) is 0 Å². The van der Waals surface area contributed by atoms with Crippen LogP contribution in [0.4, 0.5) is 0 Å². The Hall–Kier alpha value is -2.98. The zero-order chi connectivity index (χ0) is 20.1. The molecule has 150 valence electrons. The lowest BCUT2D eigenvalue weighted by molar-refractivity contribution is 0.0856. The van der Waals surface area contributed by atoms with E-state index in [9.17, 15) is 4.79 Å². The summed E-state index contributed by atoms with van der Waals surface area (Å²) in [7, 11) is 0. The quantitative estimate of drug-likeness (QED) is 0.480. The standard InChI is InChI=1S/C26H24N2O2/c29-26-25-19(5-3-6-20(25)17-11-14-30-15-12-17)10-13-28(26)24-16-21(24)23-9-8-18-4-1-2-7-22(18)27-23/h1-10,13,17,21,24H,11-12,14-16H2/t21-,24+/m0/s1. The molecule has 0 spiro atoms. The van der Waals surface area contributed by atoms with Crippen LogP contribution in [-0.2, 0) is 4.74 Å². The highest BCUT2D eigenvalue weighted by molar-refractivity contribution is 5.85. The summed E-state index contributed by atoms with van der Waals surface area (Å²) in [6.07, 6.45) is 4.92. The molecule has 1 saturated heterocycles. The Balaban J connectivity index is 1.38. The van der Waals surface area contributed by atoms with E-state index >= 15 is 0 Å². The molecule has 2 aromatic carbocycles. The number of aromatic nitrogens is 2. The molecular weight excluding hydrogens is 372 g/mol. The normalized spacial score (nSPS) is 21.9. The third-order valence-electron chi connectivity index (χ3n) is 6.77. The second-order valence-electron chi connectivity index (χ2n) is 8.56. The Bertz CT molecular complexity index is 1300. The molecule has 1 saturated carbocycles. The molecule has 2 atom stereocenters. The zero-order valence-corrected chi connectivity index (χ0v) is 16.8. The maximum Gasteiger partial charge on any atom is 0.258 e. The van der Waals surface area contributed by atoms with Crippen molar-refractivity contribution in [3.05, 3.63) is 88.5 Å². The summed E-state index contributed by atoms with van der Waals surface area (Å²) in [6, 6.07) is 21.0. The smallest absolute Gasteiger partial charge is 0.258 e. The third-order valence-corrected chi connectivity index (χ3v) is 6.77. The van der Waals surface area contributed by atoms with Gasteiger partial charge in [0.1, 0.15) is 0 Å². The zero-order valence-electron chi connectivity index (χ0n) is 16.8. The van der Waals surface area contributed by atoms with E-state index in [0.717, 1.165) is 59.8 Å². The minimum absolute atomic E-state index is 0.142. The monoisotopic (exact) mass is 396 g/mol. The van der Waals surface area contributed by atoms with E-state index in [1.165, 1.54) is 5.56 Å². The highest BCUT2D eigenvalue weighted by atomic mass is 16.5. The number of benzene rings is 2. The first-order valence-electron chi connectivity index (χ1n) is 10.9. The Morgan fingerprint density at radius 1 is 0.900 bits per heavy atom. The number of para-hydroxylation sites is 1. The Morgan fingerprint density at radius 3 is 2.63 bits per heavy atom. The van der Waals surface area contributed by atoms with Crippen molar-refractivity contribution < 1.29 is 4.74 Å².